The molecule has 6 nitrogen and oxygen atoms in total. The van der Waals surface area contributed by atoms with Crippen molar-refractivity contribution in [2.45, 2.75) is 0 Å². The number of hydrogen-bond donors (Lipinski definition) is 1. The second-order valence-corrected chi connectivity index (χ2v) is 6.74. The van der Waals surface area contributed by atoms with E-state index in [0.717, 1.165) is 0 Å². The van der Waals surface area contributed by atoms with Crippen molar-refractivity contribution in [2.75, 3.05) is 0 Å². The van der Waals surface area contributed by atoms with E-state index in [9.17, 15) is 5.11 Å². The maximum Gasteiger partial charge on any atom is 0 e. The third kappa shape index (κ3) is 14.0. The van der Waals surface area contributed by atoms with E-state index in [2.05, 4.69) is 81.8 Å². The van der Waals surface area contributed by atoms with Crippen LogP contribution in [0.4, 0.5) is 0 Å². The van der Waals surface area contributed by atoms with E-state index in [0.29, 0.717) is 5.75 Å². The topological polar surface area (TPSA) is 120 Å². The van der Waals surface area contributed by atoms with E-state index in [1.165, 1.54) is 15.9 Å². The third-order valence-corrected chi connectivity index (χ3v) is 5.58. The summed E-state index contributed by atoms with van der Waals surface area (Å²) < 4.78 is 37.5. The van der Waals surface area contributed by atoms with Crippen molar-refractivity contribution in [3.8, 4) is 5.75 Å². The molecule has 0 bridgehead atoms. The van der Waals surface area contributed by atoms with Crippen LogP contribution in [0.15, 0.2) is 84.9 Å². The van der Waals surface area contributed by atoms with Gasteiger partial charge in [0.15, 0.2) is 0 Å². The van der Waals surface area contributed by atoms with Crippen LogP contribution in [0, 0.1) is 33.3 Å². The molecule has 1 N–H and O–H groups in total. The van der Waals surface area contributed by atoms with E-state index >= 15 is 0 Å². The first-order valence-corrected chi connectivity index (χ1v) is 8.90. The zero-order valence-corrected chi connectivity index (χ0v) is 19.8. The molecule has 0 unspecified atom stereocenters. The molecule has 0 atom stereocenters. The maximum atomic E-state index is 9.49. The molecular weight excluding hydrogens is 587 g/mol. The van der Waals surface area contributed by atoms with Crippen LogP contribution in [-0.2, 0) is 44.3 Å². The van der Waals surface area contributed by atoms with Gasteiger partial charge in [-0.3, -0.25) is 0 Å². The molecule has 3 aromatic rings. The average molecular weight is 602 g/mol. The van der Waals surface area contributed by atoms with Gasteiger partial charge in [0.1, 0.15) is 5.75 Å². The second-order valence-electron chi connectivity index (χ2n) is 4.52. The van der Waals surface area contributed by atoms with Gasteiger partial charge in [0, 0.05) is 21.1 Å². The second kappa shape index (κ2) is 27.3. The Balaban J connectivity index is -0.000000293. The summed E-state index contributed by atoms with van der Waals surface area (Å²) in [5.41, 5.74) is 0. The molecule has 3 rings (SSSR count). The fourth-order valence-corrected chi connectivity index (χ4v) is 4.49. The van der Waals surface area contributed by atoms with Gasteiger partial charge in [0.2, 0.25) is 0 Å². The van der Waals surface area contributed by atoms with Gasteiger partial charge in [-0.1, -0.05) is 72.8 Å². The van der Waals surface area contributed by atoms with Crippen molar-refractivity contribution < 1.29 is 49.4 Å². The van der Waals surface area contributed by atoms with E-state index in [4.69, 9.17) is 23.3 Å². The van der Waals surface area contributed by atoms with Crippen molar-refractivity contribution >= 4 is 23.8 Å². The van der Waals surface area contributed by atoms with Gasteiger partial charge in [-0.05, 0) is 36.0 Å². The van der Waals surface area contributed by atoms with Gasteiger partial charge >= 0.3 is 56.5 Å². The van der Waals surface area contributed by atoms with Gasteiger partial charge < -0.3 is 5.11 Å². The fourth-order valence-electron chi connectivity index (χ4n) is 2.20. The van der Waals surface area contributed by atoms with Gasteiger partial charge in [-0.2, -0.15) is 0 Å². The van der Waals surface area contributed by atoms with E-state index in [-0.39, 0.29) is 21.1 Å². The minimum absolute atomic E-state index is 0. The predicted octanol–water partition coefficient (Wildman–Crippen LogP) is 2.96. The number of hydrogen-bond acceptors (Lipinski definition) is 1. The Kier molecular flexibility index (Phi) is 31.4. The van der Waals surface area contributed by atoms with Crippen molar-refractivity contribution in [1.82, 2.24) is 0 Å². The molecule has 0 aliphatic carbocycles. The van der Waals surface area contributed by atoms with E-state index in [1.54, 1.807) is 12.1 Å². The Morgan fingerprint density at radius 3 is 1.00 bits per heavy atom. The van der Waals surface area contributed by atoms with Crippen LogP contribution in [0.5, 0.6) is 5.75 Å². The quantitative estimate of drug-likeness (QED) is 0.277. The Bertz CT molecular complexity index is 814. The standard InChI is InChI=1S/C18H15OP.5CO.W/c19-15-11-13-18(14-12-15)20(16-7-3-1-4-8-16)17-9-5-2-6-10-17;5*1-2;/h1-14,19H;;;;;;. The predicted molar refractivity (Wildman–Crippen MR) is 106 cm³/mol. The minimum atomic E-state index is -0.569. The van der Waals surface area contributed by atoms with E-state index < -0.39 is 7.92 Å². The van der Waals surface area contributed by atoms with Gasteiger partial charge in [0.05, 0.1) is 0 Å². The van der Waals surface area contributed by atoms with Crippen LogP contribution in [0.2, 0.25) is 0 Å². The summed E-state index contributed by atoms with van der Waals surface area (Å²) in [6, 6.07) is 28.6. The Morgan fingerprint density at radius 1 is 0.452 bits per heavy atom. The summed E-state index contributed by atoms with van der Waals surface area (Å²) in [5, 5.41) is 13.4. The first-order valence-electron chi connectivity index (χ1n) is 7.56. The molecule has 0 spiro atoms. The van der Waals surface area contributed by atoms with Crippen LogP contribution in [0.25, 0.3) is 0 Å². The molecule has 0 aromatic heterocycles. The number of phenolic OH excluding ortho intramolecular Hbond substituents is 1. The van der Waals surface area contributed by atoms with Crippen molar-refractivity contribution in [2.24, 2.45) is 0 Å². The largest absolute Gasteiger partial charge is 0 e. The van der Waals surface area contributed by atoms with Crippen LogP contribution in [0.1, 0.15) is 0 Å². The van der Waals surface area contributed by atoms with Crippen LogP contribution >= 0.6 is 7.92 Å². The molecule has 0 heterocycles. The molecule has 8 heteroatoms. The summed E-state index contributed by atoms with van der Waals surface area (Å²) in [6.07, 6.45) is 0. The fraction of sp³-hybridized carbons (Fsp3) is 0. The van der Waals surface area contributed by atoms with Crippen molar-refractivity contribution in [1.29, 1.82) is 0 Å². The SMILES string of the molecule is Oc1ccc(P(c2ccccc2)c2ccccc2)cc1.[C-]#[O+].[C-]#[O+].[C-]#[O+].[C-]#[O+].[C-]#[O+].[W]. The summed E-state index contributed by atoms with van der Waals surface area (Å²) >= 11 is 0. The molecule has 154 valence electrons. The molecule has 0 aliphatic rings. The smallest absolute Gasteiger partial charge is 0 e. The van der Waals surface area contributed by atoms with Crippen LogP contribution in [-0.4, -0.2) is 5.11 Å². The summed E-state index contributed by atoms with van der Waals surface area (Å²) in [4.78, 5) is 0. The van der Waals surface area contributed by atoms with Crippen molar-refractivity contribution in [3.63, 3.8) is 0 Å². The third-order valence-electron chi connectivity index (χ3n) is 3.14. The number of aromatic hydroxyl groups is 1. The average Bonchev–Trinajstić information content (AvgIpc) is 2.88. The number of phenols is 1. The van der Waals surface area contributed by atoms with Crippen LogP contribution < -0.4 is 15.9 Å². The first-order chi connectivity index (χ1) is 14.8. The molecule has 0 amide bonds. The van der Waals surface area contributed by atoms with Gasteiger partial charge in [0.25, 0.3) is 0 Å². The molecule has 0 saturated carbocycles. The summed E-state index contributed by atoms with van der Waals surface area (Å²) in [7, 11) is -0.569. The molecule has 0 saturated heterocycles. The first kappa shape index (κ1) is 35.7. The number of rotatable bonds is 3. The minimum Gasteiger partial charge on any atom is 0 e. The Morgan fingerprint density at radius 2 is 0.710 bits per heavy atom. The summed E-state index contributed by atoms with van der Waals surface area (Å²) in [5.74, 6) is 0.310. The Labute approximate surface area is 196 Å². The molecular formula is C23H15O6PW. The maximum absolute atomic E-state index is 9.49. The van der Waals surface area contributed by atoms with Crippen LogP contribution in [0.3, 0.4) is 0 Å². The van der Waals surface area contributed by atoms with Gasteiger partial charge in [-0.25, -0.2) is 0 Å². The molecule has 0 radical (unpaired) electrons. The Hall–Kier alpha value is -2.72. The molecule has 31 heavy (non-hydrogen) atoms. The zero-order chi connectivity index (χ0) is 23.8. The molecule has 3 aromatic carbocycles. The number of benzene rings is 3. The summed E-state index contributed by atoms with van der Waals surface area (Å²) in [6.45, 7) is 22.5. The van der Waals surface area contributed by atoms with E-state index in [1.807, 2.05) is 24.3 Å². The normalized spacial score (nSPS) is 7.19. The monoisotopic (exact) mass is 602 g/mol. The molecule has 0 aliphatic heterocycles. The zero-order valence-electron chi connectivity index (χ0n) is 15.9. The van der Waals surface area contributed by atoms with Gasteiger partial charge in [-0.15, -0.1) is 0 Å². The van der Waals surface area contributed by atoms with Crippen molar-refractivity contribution in [3.05, 3.63) is 118 Å². The molecule has 0 fully saturated rings.